The molecule has 13 aromatic carbocycles. The summed E-state index contributed by atoms with van der Waals surface area (Å²) >= 11 is 0. The van der Waals surface area contributed by atoms with E-state index in [0.29, 0.717) is 0 Å². The molecule has 0 radical (unpaired) electrons. The molecule has 0 fully saturated rings. The molecule has 0 saturated heterocycles. The summed E-state index contributed by atoms with van der Waals surface area (Å²) in [5.41, 5.74) is 10.1. The Morgan fingerprint density at radius 1 is 0.190 bits per heavy atom. The lowest BCUT2D eigenvalue weighted by Crippen LogP contribution is -1.91. The van der Waals surface area contributed by atoms with Crippen LogP contribution in [0.1, 0.15) is 0 Å². The van der Waals surface area contributed by atoms with Gasteiger partial charge in [-0.25, -0.2) is 0 Å². The van der Waals surface area contributed by atoms with Crippen LogP contribution in [0, 0.1) is 0 Å². The van der Waals surface area contributed by atoms with Crippen molar-refractivity contribution in [3.8, 4) is 44.5 Å². The minimum absolute atomic E-state index is 1.23. The van der Waals surface area contributed by atoms with Crippen molar-refractivity contribution in [1.82, 2.24) is 0 Å². The van der Waals surface area contributed by atoms with Crippen molar-refractivity contribution in [3.05, 3.63) is 206 Å². The molecule has 0 saturated carbocycles. The zero-order valence-corrected chi connectivity index (χ0v) is 31.6. The molecule has 0 heterocycles. The van der Waals surface area contributed by atoms with Crippen LogP contribution in [-0.2, 0) is 0 Å². The summed E-state index contributed by atoms with van der Waals surface area (Å²) in [7, 11) is 0. The summed E-state index contributed by atoms with van der Waals surface area (Å²) in [6, 6.07) is 76.9. The third kappa shape index (κ3) is 4.29. The maximum absolute atomic E-state index is 2.52. The summed E-state index contributed by atoms with van der Waals surface area (Å²) in [5.74, 6) is 0. The molecule has 0 bridgehead atoms. The fraction of sp³-hybridized carbons (Fsp3) is 0. The molecule has 266 valence electrons. The van der Waals surface area contributed by atoms with Crippen molar-refractivity contribution in [1.29, 1.82) is 0 Å². The first-order valence-electron chi connectivity index (χ1n) is 20.3. The first-order chi connectivity index (χ1) is 28.8. The van der Waals surface area contributed by atoms with Crippen molar-refractivity contribution < 1.29 is 0 Å². The van der Waals surface area contributed by atoms with E-state index in [4.69, 9.17) is 0 Å². The summed E-state index contributed by atoms with van der Waals surface area (Å²) in [6.07, 6.45) is 0. The molecule has 0 aliphatic carbocycles. The van der Waals surface area contributed by atoms with Gasteiger partial charge in [-0.15, -0.1) is 0 Å². The van der Waals surface area contributed by atoms with Gasteiger partial charge < -0.3 is 0 Å². The SMILES string of the molecule is c1ccc(-c2ccc3cccc(-c4ccc5c6c(-c7ccccc7)c7c(cc8c9ccccc9c9cccc7c98)c(-c7ccccc7)c6c6cccc4c65)c3c2)cc1. The first kappa shape index (κ1) is 31.6. The van der Waals surface area contributed by atoms with E-state index in [-0.39, 0.29) is 0 Å². The standard InChI is InChI=1S/C58H34/c1-4-15-35(16-5-1)39-30-29-36-21-12-24-41(49(36)33-39)43-31-32-48-54-45(43)26-14-28-47(54)57-52(37-17-6-2-7-18-37)51-34-50-42-23-11-10-22-40(42)44-25-13-27-46(55(44)50)56(51)53(58(48)57)38-19-8-3-9-20-38/h1-34H. The van der Waals surface area contributed by atoms with Crippen LogP contribution >= 0.6 is 0 Å². The second-order valence-electron chi connectivity index (χ2n) is 15.8. The van der Waals surface area contributed by atoms with E-state index < -0.39 is 0 Å². The Bertz CT molecular complexity index is 3750. The second kappa shape index (κ2) is 12.0. The van der Waals surface area contributed by atoms with Crippen LogP contribution < -0.4 is 0 Å². The number of rotatable bonds is 4. The minimum atomic E-state index is 1.23. The highest BCUT2D eigenvalue weighted by molar-refractivity contribution is 6.45. The summed E-state index contributed by atoms with van der Waals surface area (Å²) in [4.78, 5) is 0. The number of benzene rings is 11. The fourth-order valence-electron chi connectivity index (χ4n) is 10.6. The van der Waals surface area contributed by atoms with Gasteiger partial charge in [0.05, 0.1) is 0 Å². The van der Waals surface area contributed by atoms with Gasteiger partial charge in [0.25, 0.3) is 0 Å². The van der Waals surface area contributed by atoms with Gasteiger partial charge in [0.1, 0.15) is 0 Å². The van der Waals surface area contributed by atoms with Gasteiger partial charge in [-0.05, 0) is 143 Å². The Hall–Kier alpha value is -7.54. The molecule has 0 aliphatic heterocycles. The van der Waals surface area contributed by atoms with Crippen LogP contribution in [0.15, 0.2) is 206 Å². The van der Waals surface area contributed by atoms with Crippen LogP contribution in [-0.4, -0.2) is 0 Å². The molecule has 0 heteroatoms. The number of hydrogen-bond acceptors (Lipinski definition) is 0. The average Bonchev–Trinajstić information content (AvgIpc) is 3.80. The van der Waals surface area contributed by atoms with Gasteiger partial charge in [-0.2, -0.15) is 0 Å². The van der Waals surface area contributed by atoms with E-state index in [1.54, 1.807) is 0 Å². The smallest absolute Gasteiger partial charge is 0.000719 e. The number of hydrogen-bond donors (Lipinski definition) is 0. The normalized spacial score (nSPS) is 12.1. The summed E-state index contributed by atoms with van der Waals surface area (Å²) in [6.45, 7) is 0. The minimum Gasteiger partial charge on any atom is -0.0622 e. The predicted molar refractivity (Wildman–Crippen MR) is 251 cm³/mol. The zero-order chi connectivity index (χ0) is 37.9. The first-order valence-corrected chi connectivity index (χ1v) is 20.3. The Balaban J connectivity index is 1.24. The third-order valence-corrected chi connectivity index (χ3v) is 12.9. The topological polar surface area (TPSA) is 0 Å². The molecular formula is C58H34. The summed E-state index contributed by atoms with van der Waals surface area (Å²) in [5, 5.41) is 21.0. The second-order valence-corrected chi connectivity index (χ2v) is 15.8. The van der Waals surface area contributed by atoms with E-state index >= 15 is 0 Å². The predicted octanol–water partition coefficient (Wildman–Crippen LogP) is 16.5. The largest absolute Gasteiger partial charge is 0.0622 e. The van der Waals surface area contributed by atoms with Crippen molar-refractivity contribution in [2.45, 2.75) is 0 Å². The molecule has 0 unspecified atom stereocenters. The molecule has 0 N–H and O–H groups in total. The van der Waals surface area contributed by atoms with Crippen molar-refractivity contribution in [3.63, 3.8) is 0 Å². The van der Waals surface area contributed by atoms with Crippen LogP contribution in [0.5, 0.6) is 0 Å². The Labute approximate surface area is 335 Å². The number of fused-ring (bicyclic) bond motifs is 9. The van der Waals surface area contributed by atoms with Gasteiger partial charge in [-0.3, -0.25) is 0 Å². The Morgan fingerprint density at radius 2 is 0.707 bits per heavy atom. The van der Waals surface area contributed by atoms with E-state index in [1.165, 1.54) is 131 Å². The lowest BCUT2D eigenvalue weighted by atomic mass is 9.84. The maximum Gasteiger partial charge on any atom is -0.000719 e. The van der Waals surface area contributed by atoms with E-state index in [2.05, 4.69) is 206 Å². The Morgan fingerprint density at radius 3 is 1.45 bits per heavy atom. The lowest BCUT2D eigenvalue weighted by Gasteiger charge is -2.19. The molecular weight excluding hydrogens is 697 g/mol. The molecule has 0 spiro atoms. The summed E-state index contributed by atoms with van der Waals surface area (Å²) < 4.78 is 0. The van der Waals surface area contributed by atoms with Crippen LogP contribution in [0.3, 0.4) is 0 Å². The Kier molecular flexibility index (Phi) is 6.54. The molecule has 13 aromatic rings. The van der Waals surface area contributed by atoms with Gasteiger partial charge in [0, 0.05) is 0 Å². The van der Waals surface area contributed by atoms with Gasteiger partial charge >= 0.3 is 0 Å². The molecule has 0 aromatic heterocycles. The lowest BCUT2D eigenvalue weighted by molar-refractivity contribution is 1.64. The van der Waals surface area contributed by atoms with Gasteiger partial charge in [0.2, 0.25) is 0 Å². The van der Waals surface area contributed by atoms with Gasteiger partial charge in [0.15, 0.2) is 0 Å². The van der Waals surface area contributed by atoms with Crippen molar-refractivity contribution >= 4 is 86.2 Å². The molecule has 0 atom stereocenters. The van der Waals surface area contributed by atoms with Crippen molar-refractivity contribution in [2.24, 2.45) is 0 Å². The highest BCUT2D eigenvalue weighted by Gasteiger charge is 2.27. The van der Waals surface area contributed by atoms with E-state index in [0.717, 1.165) is 0 Å². The highest BCUT2D eigenvalue weighted by atomic mass is 14.3. The quantitative estimate of drug-likeness (QED) is 0.158. The monoisotopic (exact) mass is 730 g/mol. The molecule has 58 heavy (non-hydrogen) atoms. The highest BCUT2D eigenvalue weighted by Crippen LogP contribution is 2.55. The molecule has 0 amide bonds. The van der Waals surface area contributed by atoms with Crippen LogP contribution in [0.4, 0.5) is 0 Å². The molecule has 13 rings (SSSR count). The fourth-order valence-corrected chi connectivity index (χ4v) is 10.6. The molecule has 0 aliphatic rings. The van der Waals surface area contributed by atoms with Crippen LogP contribution in [0.2, 0.25) is 0 Å². The van der Waals surface area contributed by atoms with Gasteiger partial charge in [-0.1, -0.05) is 194 Å². The average molecular weight is 731 g/mol. The maximum atomic E-state index is 2.52. The zero-order valence-electron chi connectivity index (χ0n) is 31.6. The van der Waals surface area contributed by atoms with E-state index in [1.807, 2.05) is 0 Å². The third-order valence-electron chi connectivity index (χ3n) is 12.9. The van der Waals surface area contributed by atoms with Crippen LogP contribution in [0.25, 0.3) is 131 Å². The van der Waals surface area contributed by atoms with Crippen molar-refractivity contribution in [2.75, 3.05) is 0 Å². The van der Waals surface area contributed by atoms with E-state index in [9.17, 15) is 0 Å². The molecule has 0 nitrogen and oxygen atoms in total.